The molecule has 0 unspecified atom stereocenters. The summed E-state index contributed by atoms with van der Waals surface area (Å²) >= 11 is 0. The third kappa shape index (κ3) is 2.66. The van der Waals surface area contributed by atoms with Crippen LogP contribution in [0.1, 0.15) is 23.9 Å². The van der Waals surface area contributed by atoms with Crippen LogP contribution in [-0.4, -0.2) is 16.7 Å². The van der Waals surface area contributed by atoms with E-state index in [0.717, 1.165) is 18.6 Å². The molecule has 0 amide bonds. The molecule has 2 rings (SSSR count). The van der Waals surface area contributed by atoms with E-state index in [1.165, 1.54) is 0 Å². The highest BCUT2D eigenvalue weighted by atomic mass is 16.5. The Morgan fingerprint density at radius 2 is 2.33 bits per heavy atom. The van der Waals surface area contributed by atoms with Gasteiger partial charge in [-0.05, 0) is 25.1 Å². The van der Waals surface area contributed by atoms with Gasteiger partial charge in [-0.1, -0.05) is 5.16 Å². The predicted molar refractivity (Wildman–Crippen MR) is 53.2 cm³/mol. The van der Waals surface area contributed by atoms with Crippen LogP contribution >= 0.6 is 0 Å². The summed E-state index contributed by atoms with van der Waals surface area (Å²) in [5.74, 6) is 2.13. The number of rotatable bonds is 5. The van der Waals surface area contributed by atoms with Crippen molar-refractivity contribution in [1.82, 2.24) is 10.1 Å². The molecule has 0 radical (unpaired) electrons. The normalized spacial score (nSPS) is 10.7. The molecule has 0 aliphatic carbocycles. The standard InChI is InChI=1S/C10H13N3O2/c11-5-1-4-10-12-9(13-15-10)7-8-3-2-6-14-8/h2-3,6H,1,4-5,7,11H2. The van der Waals surface area contributed by atoms with Crippen molar-refractivity contribution in [3.63, 3.8) is 0 Å². The first-order chi connectivity index (χ1) is 7.38. The summed E-state index contributed by atoms with van der Waals surface area (Å²) in [4.78, 5) is 4.23. The van der Waals surface area contributed by atoms with E-state index in [4.69, 9.17) is 14.7 Å². The molecule has 0 aliphatic rings. The van der Waals surface area contributed by atoms with Crippen LogP contribution in [0, 0.1) is 0 Å². The first-order valence-electron chi connectivity index (χ1n) is 4.92. The van der Waals surface area contributed by atoms with Crippen molar-refractivity contribution in [2.45, 2.75) is 19.3 Å². The fraction of sp³-hybridized carbons (Fsp3) is 0.400. The van der Waals surface area contributed by atoms with Crippen molar-refractivity contribution < 1.29 is 8.94 Å². The second-order valence-corrected chi connectivity index (χ2v) is 3.25. The lowest BCUT2D eigenvalue weighted by molar-refractivity contribution is 0.370. The molecule has 0 saturated carbocycles. The van der Waals surface area contributed by atoms with E-state index in [1.54, 1.807) is 6.26 Å². The molecule has 2 heterocycles. The lowest BCUT2D eigenvalue weighted by Gasteiger charge is -1.89. The maximum atomic E-state index is 5.39. The molecule has 0 saturated heterocycles. The van der Waals surface area contributed by atoms with Gasteiger partial charge in [-0.15, -0.1) is 0 Å². The number of hydrogen-bond acceptors (Lipinski definition) is 5. The van der Waals surface area contributed by atoms with Crippen LogP contribution in [0.5, 0.6) is 0 Å². The van der Waals surface area contributed by atoms with Gasteiger partial charge in [-0.2, -0.15) is 4.98 Å². The SMILES string of the molecule is NCCCc1nc(Cc2ccco2)no1. The number of furan rings is 1. The third-order valence-electron chi connectivity index (χ3n) is 2.02. The van der Waals surface area contributed by atoms with Gasteiger partial charge < -0.3 is 14.7 Å². The van der Waals surface area contributed by atoms with E-state index in [-0.39, 0.29) is 0 Å². The number of nitrogens with zero attached hydrogens (tertiary/aromatic N) is 2. The number of nitrogens with two attached hydrogens (primary N) is 1. The van der Waals surface area contributed by atoms with Gasteiger partial charge in [0.2, 0.25) is 5.89 Å². The average Bonchev–Trinajstić information content (AvgIpc) is 2.87. The molecule has 0 spiro atoms. The maximum absolute atomic E-state index is 5.39. The highest BCUT2D eigenvalue weighted by molar-refractivity contribution is 5.05. The Bertz CT molecular complexity index is 394. The topological polar surface area (TPSA) is 78.1 Å². The Balaban J connectivity index is 1.95. The molecular weight excluding hydrogens is 194 g/mol. The average molecular weight is 207 g/mol. The predicted octanol–water partition coefficient (Wildman–Crippen LogP) is 1.14. The van der Waals surface area contributed by atoms with Gasteiger partial charge in [0.15, 0.2) is 5.82 Å². The van der Waals surface area contributed by atoms with Gasteiger partial charge in [0.25, 0.3) is 0 Å². The summed E-state index contributed by atoms with van der Waals surface area (Å²) in [6.07, 6.45) is 3.80. The smallest absolute Gasteiger partial charge is 0.226 e. The lowest BCUT2D eigenvalue weighted by Crippen LogP contribution is -2.00. The molecular formula is C10H13N3O2. The van der Waals surface area contributed by atoms with Crippen LogP contribution in [0.2, 0.25) is 0 Å². The zero-order valence-electron chi connectivity index (χ0n) is 8.35. The second kappa shape index (κ2) is 4.75. The quantitative estimate of drug-likeness (QED) is 0.795. The van der Waals surface area contributed by atoms with Crippen molar-refractivity contribution in [3.8, 4) is 0 Å². The minimum absolute atomic E-state index is 0.569. The Morgan fingerprint density at radius 3 is 3.07 bits per heavy atom. The number of aromatic nitrogens is 2. The van der Waals surface area contributed by atoms with Gasteiger partial charge in [0.05, 0.1) is 12.7 Å². The summed E-state index contributed by atoms with van der Waals surface area (Å²) < 4.78 is 10.2. The molecule has 2 aromatic rings. The molecule has 5 heteroatoms. The van der Waals surface area contributed by atoms with Crippen LogP contribution in [0.25, 0.3) is 0 Å². The fourth-order valence-electron chi connectivity index (χ4n) is 1.29. The minimum Gasteiger partial charge on any atom is -0.469 e. The van der Waals surface area contributed by atoms with E-state index >= 15 is 0 Å². The highest BCUT2D eigenvalue weighted by Gasteiger charge is 2.07. The third-order valence-corrected chi connectivity index (χ3v) is 2.02. The number of aryl methyl sites for hydroxylation is 1. The van der Waals surface area contributed by atoms with Crippen molar-refractivity contribution >= 4 is 0 Å². The van der Waals surface area contributed by atoms with Crippen LogP contribution < -0.4 is 5.73 Å². The lowest BCUT2D eigenvalue weighted by atomic mass is 10.3. The van der Waals surface area contributed by atoms with E-state index in [1.807, 2.05) is 12.1 Å². The zero-order chi connectivity index (χ0) is 10.5. The van der Waals surface area contributed by atoms with Crippen molar-refractivity contribution in [2.24, 2.45) is 5.73 Å². The Hall–Kier alpha value is -1.62. The number of hydrogen-bond donors (Lipinski definition) is 1. The summed E-state index contributed by atoms with van der Waals surface area (Å²) in [6, 6.07) is 3.72. The monoisotopic (exact) mass is 207 g/mol. The van der Waals surface area contributed by atoms with Crippen molar-refractivity contribution in [2.75, 3.05) is 6.54 Å². The summed E-state index contributed by atoms with van der Waals surface area (Å²) in [6.45, 7) is 0.635. The first-order valence-corrected chi connectivity index (χ1v) is 4.92. The van der Waals surface area contributed by atoms with Crippen molar-refractivity contribution in [1.29, 1.82) is 0 Å². The van der Waals surface area contributed by atoms with Crippen molar-refractivity contribution in [3.05, 3.63) is 35.9 Å². The van der Waals surface area contributed by atoms with Crippen LogP contribution in [0.15, 0.2) is 27.3 Å². The van der Waals surface area contributed by atoms with E-state index in [0.29, 0.717) is 24.7 Å². The molecule has 0 atom stereocenters. The van der Waals surface area contributed by atoms with E-state index in [9.17, 15) is 0 Å². The van der Waals surface area contributed by atoms with Gasteiger partial charge in [-0.25, -0.2) is 0 Å². The zero-order valence-corrected chi connectivity index (χ0v) is 8.35. The second-order valence-electron chi connectivity index (χ2n) is 3.25. The molecule has 5 nitrogen and oxygen atoms in total. The van der Waals surface area contributed by atoms with Crippen LogP contribution in [0.4, 0.5) is 0 Å². The summed E-state index contributed by atoms with van der Waals surface area (Å²) in [5.41, 5.74) is 5.39. The molecule has 0 fully saturated rings. The minimum atomic E-state index is 0.569. The van der Waals surface area contributed by atoms with Gasteiger partial charge in [0, 0.05) is 6.42 Å². The molecule has 0 bridgehead atoms. The van der Waals surface area contributed by atoms with Gasteiger partial charge in [-0.3, -0.25) is 0 Å². The summed E-state index contributed by atoms with van der Waals surface area (Å²) in [7, 11) is 0. The summed E-state index contributed by atoms with van der Waals surface area (Å²) in [5, 5.41) is 3.86. The molecule has 0 aromatic carbocycles. The Morgan fingerprint density at radius 1 is 1.40 bits per heavy atom. The first kappa shape index (κ1) is 9.92. The van der Waals surface area contributed by atoms with E-state index in [2.05, 4.69) is 10.1 Å². The molecule has 80 valence electrons. The largest absolute Gasteiger partial charge is 0.469 e. The fourth-order valence-corrected chi connectivity index (χ4v) is 1.29. The highest BCUT2D eigenvalue weighted by Crippen LogP contribution is 2.07. The Labute approximate surface area is 87.3 Å². The van der Waals surface area contributed by atoms with Crippen LogP contribution in [-0.2, 0) is 12.8 Å². The van der Waals surface area contributed by atoms with Gasteiger partial charge >= 0.3 is 0 Å². The Kier molecular flexibility index (Phi) is 3.14. The maximum Gasteiger partial charge on any atom is 0.226 e. The molecule has 2 aromatic heterocycles. The molecule has 2 N–H and O–H groups in total. The van der Waals surface area contributed by atoms with Crippen LogP contribution in [0.3, 0.4) is 0 Å². The van der Waals surface area contributed by atoms with E-state index < -0.39 is 0 Å². The molecule has 15 heavy (non-hydrogen) atoms. The molecule has 0 aliphatic heterocycles. The van der Waals surface area contributed by atoms with Gasteiger partial charge in [0.1, 0.15) is 5.76 Å².